The summed E-state index contributed by atoms with van der Waals surface area (Å²) < 4.78 is 0. The van der Waals surface area contributed by atoms with Gasteiger partial charge in [0.05, 0.1) is 19.1 Å². The normalized spacial score (nSPS) is 10.3. The standard InChI is InChI=1S/C11H10N2O/c12-4-3-9-6-13-11-5-8(7-14)1-2-10(9)11/h1-2,5-6,13-14H,3,7H2. The van der Waals surface area contributed by atoms with Crippen LogP contribution in [0.15, 0.2) is 24.4 Å². The van der Waals surface area contributed by atoms with Crippen molar-refractivity contribution < 1.29 is 5.11 Å². The van der Waals surface area contributed by atoms with E-state index in [-0.39, 0.29) is 6.61 Å². The zero-order valence-corrected chi connectivity index (χ0v) is 7.62. The highest BCUT2D eigenvalue weighted by atomic mass is 16.3. The summed E-state index contributed by atoms with van der Waals surface area (Å²) in [4.78, 5) is 3.09. The first-order valence-corrected chi connectivity index (χ1v) is 4.42. The molecule has 1 heterocycles. The molecule has 0 aliphatic heterocycles. The predicted octanol–water partition coefficient (Wildman–Crippen LogP) is 1.73. The topological polar surface area (TPSA) is 59.8 Å². The lowest BCUT2D eigenvalue weighted by molar-refractivity contribution is 0.282. The number of hydrogen-bond acceptors (Lipinski definition) is 2. The van der Waals surface area contributed by atoms with Gasteiger partial charge in [0.1, 0.15) is 0 Å². The molecule has 3 nitrogen and oxygen atoms in total. The first kappa shape index (κ1) is 8.79. The summed E-state index contributed by atoms with van der Waals surface area (Å²) in [6.45, 7) is 0.0442. The number of hydrogen-bond donors (Lipinski definition) is 2. The number of fused-ring (bicyclic) bond motifs is 1. The molecule has 0 aliphatic rings. The molecule has 1 aromatic carbocycles. The van der Waals surface area contributed by atoms with Gasteiger partial charge in [-0.3, -0.25) is 0 Å². The van der Waals surface area contributed by atoms with E-state index in [0.717, 1.165) is 22.0 Å². The third-order valence-electron chi connectivity index (χ3n) is 2.28. The van der Waals surface area contributed by atoms with Crippen molar-refractivity contribution in [3.8, 4) is 6.07 Å². The van der Waals surface area contributed by atoms with Crippen LogP contribution in [0.1, 0.15) is 11.1 Å². The number of benzene rings is 1. The molecule has 0 aliphatic carbocycles. The minimum atomic E-state index is 0.0442. The van der Waals surface area contributed by atoms with Crippen LogP contribution in [0.5, 0.6) is 0 Å². The Bertz CT molecular complexity index is 493. The molecule has 0 atom stereocenters. The Hall–Kier alpha value is -1.79. The summed E-state index contributed by atoms with van der Waals surface area (Å²) >= 11 is 0. The molecule has 2 aromatic rings. The molecular weight excluding hydrogens is 176 g/mol. The highest BCUT2D eigenvalue weighted by Gasteiger charge is 2.03. The van der Waals surface area contributed by atoms with Gasteiger partial charge in [0, 0.05) is 17.1 Å². The fourth-order valence-electron chi connectivity index (χ4n) is 1.56. The third-order valence-corrected chi connectivity index (χ3v) is 2.28. The monoisotopic (exact) mass is 186 g/mol. The quantitative estimate of drug-likeness (QED) is 0.750. The van der Waals surface area contributed by atoms with Gasteiger partial charge in [-0.25, -0.2) is 0 Å². The van der Waals surface area contributed by atoms with E-state index < -0.39 is 0 Å². The van der Waals surface area contributed by atoms with E-state index in [4.69, 9.17) is 10.4 Å². The Morgan fingerprint density at radius 3 is 3.00 bits per heavy atom. The van der Waals surface area contributed by atoms with E-state index in [0.29, 0.717) is 6.42 Å². The highest BCUT2D eigenvalue weighted by molar-refractivity contribution is 5.84. The molecule has 0 fully saturated rings. The minimum Gasteiger partial charge on any atom is -0.392 e. The van der Waals surface area contributed by atoms with Crippen LogP contribution < -0.4 is 0 Å². The fraction of sp³-hybridized carbons (Fsp3) is 0.182. The Morgan fingerprint density at radius 2 is 2.29 bits per heavy atom. The third kappa shape index (κ3) is 1.36. The van der Waals surface area contributed by atoms with Gasteiger partial charge >= 0.3 is 0 Å². The second-order valence-corrected chi connectivity index (χ2v) is 3.19. The molecule has 0 unspecified atom stereocenters. The number of aliphatic hydroxyl groups excluding tert-OH is 1. The van der Waals surface area contributed by atoms with Crippen molar-refractivity contribution in [1.29, 1.82) is 5.26 Å². The zero-order chi connectivity index (χ0) is 9.97. The van der Waals surface area contributed by atoms with Crippen molar-refractivity contribution in [3.63, 3.8) is 0 Å². The van der Waals surface area contributed by atoms with Gasteiger partial charge in [-0.15, -0.1) is 0 Å². The summed E-state index contributed by atoms with van der Waals surface area (Å²) in [5.74, 6) is 0. The van der Waals surface area contributed by atoms with Crippen LogP contribution in [0.25, 0.3) is 10.9 Å². The molecule has 0 saturated carbocycles. The summed E-state index contributed by atoms with van der Waals surface area (Å²) in [5, 5.41) is 18.6. The molecule has 0 spiro atoms. The number of aromatic amines is 1. The van der Waals surface area contributed by atoms with Crippen LogP contribution in [-0.4, -0.2) is 10.1 Å². The Balaban J connectivity index is 2.55. The van der Waals surface area contributed by atoms with E-state index in [1.165, 1.54) is 0 Å². The molecule has 0 bridgehead atoms. The van der Waals surface area contributed by atoms with Crippen molar-refractivity contribution in [2.24, 2.45) is 0 Å². The predicted molar refractivity (Wildman–Crippen MR) is 53.5 cm³/mol. The Labute approximate surface area is 81.6 Å². The number of H-pyrrole nitrogens is 1. The number of aliphatic hydroxyl groups is 1. The van der Waals surface area contributed by atoms with Gasteiger partial charge in [-0.05, 0) is 17.2 Å². The Morgan fingerprint density at radius 1 is 1.43 bits per heavy atom. The van der Waals surface area contributed by atoms with E-state index in [1.807, 2.05) is 24.4 Å². The van der Waals surface area contributed by atoms with Crippen molar-refractivity contribution in [1.82, 2.24) is 4.98 Å². The van der Waals surface area contributed by atoms with Crippen LogP contribution in [0.3, 0.4) is 0 Å². The van der Waals surface area contributed by atoms with Gasteiger partial charge in [-0.1, -0.05) is 12.1 Å². The van der Waals surface area contributed by atoms with Crippen LogP contribution in [0, 0.1) is 11.3 Å². The SMILES string of the molecule is N#CCc1c[nH]c2cc(CO)ccc12. The first-order chi connectivity index (χ1) is 6.85. The second-order valence-electron chi connectivity index (χ2n) is 3.19. The Kier molecular flexibility index (Phi) is 2.21. The number of nitrogens with zero attached hydrogens (tertiary/aromatic N) is 1. The van der Waals surface area contributed by atoms with Gasteiger partial charge in [0.25, 0.3) is 0 Å². The van der Waals surface area contributed by atoms with Gasteiger partial charge in [0.2, 0.25) is 0 Å². The van der Waals surface area contributed by atoms with Gasteiger partial charge in [-0.2, -0.15) is 5.26 Å². The number of nitriles is 1. The van der Waals surface area contributed by atoms with Crippen LogP contribution in [-0.2, 0) is 13.0 Å². The lowest BCUT2D eigenvalue weighted by atomic mass is 10.1. The summed E-state index contributed by atoms with van der Waals surface area (Å²) in [6.07, 6.45) is 2.26. The van der Waals surface area contributed by atoms with E-state index in [2.05, 4.69) is 11.1 Å². The van der Waals surface area contributed by atoms with E-state index in [1.54, 1.807) is 0 Å². The molecule has 0 radical (unpaired) electrons. The van der Waals surface area contributed by atoms with Gasteiger partial charge in [0.15, 0.2) is 0 Å². The number of aromatic nitrogens is 1. The molecule has 1 aromatic heterocycles. The summed E-state index contributed by atoms with van der Waals surface area (Å²) in [6, 6.07) is 7.83. The van der Waals surface area contributed by atoms with Crippen molar-refractivity contribution in [2.75, 3.05) is 0 Å². The maximum atomic E-state index is 8.94. The van der Waals surface area contributed by atoms with E-state index in [9.17, 15) is 0 Å². The number of nitrogens with one attached hydrogen (secondary N) is 1. The molecule has 2 N–H and O–H groups in total. The zero-order valence-electron chi connectivity index (χ0n) is 7.62. The van der Waals surface area contributed by atoms with Gasteiger partial charge < -0.3 is 10.1 Å². The molecular formula is C11H10N2O. The van der Waals surface area contributed by atoms with Crippen molar-refractivity contribution >= 4 is 10.9 Å². The molecule has 0 amide bonds. The highest BCUT2D eigenvalue weighted by Crippen LogP contribution is 2.19. The molecule has 14 heavy (non-hydrogen) atoms. The second kappa shape index (κ2) is 3.52. The lowest BCUT2D eigenvalue weighted by Crippen LogP contribution is -1.82. The average molecular weight is 186 g/mol. The van der Waals surface area contributed by atoms with Crippen LogP contribution in [0.4, 0.5) is 0 Å². The maximum absolute atomic E-state index is 8.94. The number of rotatable bonds is 2. The molecule has 2 rings (SSSR count). The largest absolute Gasteiger partial charge is 0.392 e. The summed E-state index contributed by atoms with van der Waals surface area (Å²) in [7, 11) is 0. The van der Waals surface area contributed by atoms with Crippen molar-refractivity contribution in [2.45, 2.75) is 13.0 Å². The van der Waals surface area contributed by atoms with Crippen molar-refractivity contribution in [3.05, 3.63) is 35.5 Å². The molecule has 0 saturated heterocycles. The van der Waals surface area contributed by atoms with E-state index >= 15 is 0 Å². The minimum absolute atomic E-state index is 0.0442. The average Bonchev–Trinajstić information content (AvgIpc) is 2.61. The maximum Gasteiger partial charge on any atom is 0.0682 e. The smallest absolute Gasteiger partial charge is 0.0682 e. The molecule has 70 valence electrons. The first-order valence-electron chi connectivity index (χ1n) is 4.42. The van der Waals surface area contributed by atoms with Crippen LogP contribution >= 0.6 is 0 Å². The van der Waals surface area contributed by atoms with Crippen LogP contribution in [0.2, 0.25) is 0 Å². The summed E-state index contributed by atoms with van der Waals surface area (Å²) in [5.41, 5.74) is 2.86. The lowest BCUT2D eigenvalue weighted by Gasteiger charge is -1.96. The fourth-order valence-corrected chi connectivity index (χ4v) is 1.56. The molecule has 3 heteroatoms.